The van der Waals surface area contributed by atoms with Gasteiger partial charge in [0, 0.05) is 6.04 Å². The van der Waals surface area contributed by atoms with Gasteiger partial charge in [0.05, 0.1) is 6.61 Å². The number of nitrogens with one attached hydrogen (secondary N) is 1. The predicted molar refractivity (Wildman–Crippen MR) is 75.9 cm³/mol. The van der Waals surface area contributed by atoms with E-state index in [4.69, 9.17) is 4.74 Å². The summed E-state index contributed by atoms with van der Waals surface area (Å²) < 4.78 is 18.9. The van der Waals surface area contributed by atoms with Gasteiger partial charge in [0.25, 0.3) is 0 Å². The first-order chi connectivity index (χ1) is 9.31. The molecule has 0 saturated heterocycles. The molecule has 0 aromatic heterocycles. The van der Waals surface area contributed by atoms with Gasteiger partial charge >= 0.3 is 0 Å². The highest BCUT2D eigenvalue weighted by molar-refractivity contribution is 5.23. The van der Waals surface area contributed by atoms with Crippen LogP contribution in [0.15, 0.2) is 24.3 Å². The monoisotopic (exact) mass is 265 g/mol. The fraction of sp³-hybridized carbons (Fsp3) is 0.625. The van der Waals surface area contributed by atoms with E-state index in [1.807, 2.05) is 0 Å². The number of rotatable bonds is 7. The van der Waals surface area contributed by atoms with Gasteiger partial charge in [-0.05, 0) is 50.3 Å². The summed E-state index contributed by atoms with van der Waals surface area (Å²) >= 11 is 0. The molecule has 0 aliphatic heterocycles. The van der Waals surface area contributed by atoms with Crippen molar-refractivity contribution in [1.82, 2.24) is 5.32 Å². The summed E-state index contributed by atoms with van der Waals surface area (Å²) in [5, 5.41) is 3.61. The van der Waals surface area contributed by atoms with Crippen LogP contribution in [0.5, 0.6) is 5.75 Å². The van der Waals surface area contributed by atoms with Crippen LogP contribution < -0.4 is 10.1 Å². The summed E-state index contributed by atoms with van der Waals surface area (Å²) in [6, 6.07) is 7.25. The van der Waals surface area contributed by atoms with Crippen molar-refractivity contribution in [2.45, 2.75) is 45.1 Å². The van der Waals surface area contributed by atoms with Gasteiger partial charge in [-0.2, -0.15) is 0 Å². The molecule has 3 heteroatoms. The Balaban J connectivity index is 1.74. The van der Waals surface area contributed by atoms with Crippen molar-refractivity contribution < 1.29 is 9.13 Å². The Hall–Kier alpha value is -1.09. The quantitative estimate of drug-likeness (QED) is 0.810. The SMILES string of the molecule is CCCNC1CCCC1CCOc1ccccc1F. The highest BCUT2D eigenvalue weighted by atomic mass is 19.1. The third-order valence-corrected chi connectivity index (χ3v) is 3.90. The second-order valence-electron chi connectivity index (χ2n) is 5.32. The normalized spacial score (nSPS) is 22.6. The van der Waals surface area contributed by atoms with E-state index in [2.05, 4.69) is 12.2 Å². The van der Waals surface area contributed by atoms with Crippen molar-refractivity contribution in [2.75, 3.05) is 13.2 Å². The molecule has 106 valence electrons. The molecule has 0 heterocycles. The first kappa shape index (κ1) is 14.3. The molecular weight excluding hydrogens is 241 g/mol. The molecule has 2 atom stereocenters. The Morgan fingerprint density at radius 1 is 1.32 bits per heavy atom. The van der Waals surface area contributed by atoms with Crippen molar-refractivity contribution in [1.29, 1.82) is 0 Å². The molecule has 1 N–H and O–H groups in total. The van der Waals surface area contributed by atoms with Crippen LogP contribution in [0.3, 0.4) is 0 Å². The summed E-state index contributed by atoms with van der Waals surface area (Å²) in [5.41, 5.74) is 0. The molecule has 1 aliphatic rings. The van der Waals surface area contributed by atoms with Crippen LogP contribution in [-0.4, -0.2) is 19.2 Å². The lowest BCUT2D eigenvalue weighted by Gasteiger charge is -2.21. The van der Waals surface area contributed by atoms with Crippen LogP contribution in [0.2, 0.25) is 0 Å². The Morgan fingerprint density at radius 2 is 2.16 bits per heavy atom. The summed E-state index contributed by atoms with van der Waals surface area (Å²) in [6.45, 7) is 3.89. The molecule has 2 nitrogen and oxygen atoms in total. The zero-order chi connectivity index (χ0) is 13.5. The maximum Gasteiger partial charge on any atom is 0.165 e. The zero-order valence-corrected chi connectivity index (χ0v) is 11.7. The summed E-state index contributed by atoms with van der Waals surface area (Å²) in [4.78, 5) is 0. The highest BCUT2D eigenvalue weighted by Crippen LogP contribution is 2.28. The van der Waals surface area contributed by atoms with Gasteiger partial charge in [0.1, 0.15) is 0 Å². The van der Waals surface area contributed by atoms with Gasteiger partial charge in [-0.15, -0.1) is 0 Å². The predicted octanol–water partition coefficient (Wildman–Crippen LogP) is 3.76. The number of halogens is 1. The van der Waals surface area contributed by atoms with E-state index in [9.17, 15) is 4.39 Å². The van der Waals surface area contributed by atoms with Crippen LogP contribution >= 0.6 is 0 Å². The molecule has 1 saturated carbocycles. The molecule has 0 amide bonds. The first-order valence-electron chi connectivity index (χ1n) is 7.42. The molecule has 1 aromatic rings. The lowest BCUT2D eigenvalue weighted by atomic mass is 10.00. The van der Waals surface area contributed by atoms with Gasteiger partial charge < -0.3 is 10.1 Å². The zero-order valence-electron chi connectivity index (χ0n) is 11.7. The number of benzene rings is 1. The minimum absolute atomic E-state index is 0.269. The van der Waals surface area contributed by atoms with Gasteiger partial charge in [-0.3, -0.25) is 0 Å². The van der Waals surface area contributed by atoms with E-state index in [1.54, 1.807) is 18.2 Å². The standard InChI is InChI=1S/C16H24FNO/c1-2-11-18-15-8-5-6-13(15)10-12-19-16-9-4-3-7-14(16)17/h3-4,7,9,13,15,18H,2,5-6,8,10-12H2,1H3. The van der Waals surface area contributed by atoms with Crippen LogP contribution in [-0.2, 0) is 0 Å². The summed E-state index contributed by atoms with van der Waals surface area (Å²) in [7, 11) is 0. The molecule has 1 fully saturated rings. The number of ether oxygens (including phenoxy) is 1. The third-order valence-electron chi connectivity index (χ3n) is 3.90. The second-order valence-corrected chi connectivity index (χ2v) is 5.32. The minimum atomic E-state index is -0.269. The molecule has 2 unspecified atom stereocenters. The fourth-order valence-electron chi connectivity index (χ4n) is 2.86. The van der Waals surface area contributed by atoms with E-state index in [0.29, 0.717) is 24.3 Å². The Morgan fingerprint density at radius 3 is 2.95 bits per heavy atom. The molecular formula is C16H24FNO. The molecule has 0 bridgehead atoms. The van der Waals surface area contributed by atoms with Gasteiger partial charge in [0.2, 0.25) is 0 Å². The molecule has 19 heavy (non-hydrogen) atoms. The number of hydrogen-bond donors (Lipinski definition) is 1. The van der Waals surface area contributed by atoms with Crippen LogP contribution in [0.25, 0.3) is 0 Å². The highest BCUT2D eigenvalue weighted by Gasteiger charge is 2.26. The molecule has 0 radical (unpaired) electrons. The van der Waals surface area contributed by atoms with Crippen molar-refractivity contribution in [2.24, 2.45) is 5.92 Å². The maximum absolute atomic E-state index is 13.4. The molecule has 0 spiro atoms. The van der Waals surface area contributed by atoms with E-state index in [0.717, 1.165) is 13.0 Å². The molecule has 1 aliphatic carbocycles. The smallest absolute Gasteiger partial charge is 0.165 e. The van der Waals surface area contributed by atoms with E-state index in [-0.39, 0.29) is 5.82 Å². The van der Waals surface area contributed by atoms with Crippen LogP contribution in [0.1, 0.15) is 39.0 Å². The Labute approximate surface area is 115 Å². The van der Waals surface area contributed by atoms with Crippen molar-refractivity contribution >= 4 is 0 Å². The Kier molecular flexibility index (Phi) is 5.64. The summed E-state index contributed by atoms with van der Waals surface area (Å²) in [5.74, 6) is 0.784. The molecule has 1 aromatic carbocycles. The number of hydrogen-bond acceptors (Lipinski definition) is 2. The third kappa shape index (κ3) is 4.20. The van der Waals surface area contributed by atoms with Gasteiger partial charge in [-0.25, -0.2) is 4.39 Å². The van der Waals surface area contributed by atoms with E-state index < -0.39 is 0 Å². The van der Waals surface area contributed by atoms with E-state index in [1.165, 1.54) is 31.7 Å². The van der Waals surface area contributed by atoms with Crippen LogP contribution in [0.4, 0.5) is 4.39 Å². The molecule has 2 rings (SSSR count). The maximum atomic E-state index is 13.4. The van der Waals surface area contributed by atoms with Crippen molar-refractivity contribution in [3.05, 3.63) is 30.1 Å². The lowest BCUT2D eigenvalue weighted by Crippen LogP contribution is -2.33. The van der Waals surface area contributed by atoms with Gasteiger partial charge in [0.15, 0.2) is 11.6 Å². The second kappa shape index (κ2) is 7.49. The lowest BCUT2D eigenvalue weighted by molar-refractivity contribution is 0.251. The van der Waals surface area contributed by atoms with Crippen molar-refractivity contribution in [3.63, 3.8) is 0 Å². The minimum Gasteiger partial charge on any atom is -0.491 e. The average molecular weight is 265 g/mol. The van der Waals surface area contributed by atoms with Crippen LogP contribution in [0, 0.1) is 11.7 Å². The average Bonchev–Trinajstić information content (AvgIpc) is 2.86. The fourth-order valence-corrected chi connectivity index (χ4v) is 2.86. The summed E-state index contributed by atoms with van der Waals surface area (Å²) in [6.07, 6.45) is 6.02. The van der Waals surface area contributed by atoms with Gasteiger partial charge in [-0.1, -0.05) is 25.5 Å². The van der Waals surface area contributed by atoms with E-state index >= 15 is 0 Å². The number of para-hydroxylation sites is 1. The first-order valence-corrected chi connectivity index (χ1v) is 7.42. The Bertz CT molecular complexity index is 383. The van der Waals surface area contributed by atoms with Crippen molar-refractivity contribution in [3.8, 4) is 5.75 Å². The largest absolute Gasteiger partial charge is 0.491 e. The topological polar surface area (TPSA) is 21.3 Å².